The van der Waals surface area contributed by atoms with Gasteiger partial charge in [0.25, 0.3) is 0 Å². The van der Waals surface area contributed by atoms with Crippen molar-refractivity contribution in [1.29, 1.82) is 0 Å². The Kier molecular flexibility index (Phi) is 3.74. The third-order valence-electron chi connectivity index (χ3n) is 7.30. The van der Waals surface area contributed by atoms with Crippen LogP contribution in [-0.4, -0.2) is 10.2 Å². The normalized spacial score (nSPS) is 33.4. The Balaban J connectivity index is 1.71. The first kappa shape index (κ1) is 17.8. The lowest BCUT2D eigenvalue weighted by atomic mass is 9.42. The minimum absolute atomic E-state index is 0.162. The van der Waals surface area contributed by atoms with E-state index in [4.69, 9.17) is 0 Å². The summed E-state index contributed by atoms with van der Waals surface area (Å²) >= 11 is 0. The van der Waals surface area contributed by atoms with Gasteiger partial charge >= 0.3 is 0 Å². The monoisotopic (exact) mass is 392 g/mol. The van der Waals surface area contributed by atoms with Crippen molar-refractivity contribution >= 4 is 0 Å². The van der Waals surface area contributed by atoms with Crippen LogP contribution in [0.3, 0.4) is 0 Å². The molecule has 2 nitrogen and oxygen atoms in total. The van der Waals surface area contributed by atoms with Gasteiger partial charge in [-0.3, -0.25) is 0 Å². The van der Waals surface area contributed by atoms with Crippen LogP contribution >= 0.6 is 0 Å². The molecule has 6 heteroatoms. The molecule has 2 aromatic rings. The molecule has 2 N–H and O–H groups in total. The van der Waals surface area contributed by atoms with Crippen LogP contribution in [-0.2, 0) is 5.41 Å². The lowest BCUT2D eigenvalue weighted by molar-refractivity contribution is -0.0285. The van der Waals surface area contributed by atoms with Gasteiger partial charge < -0.3 is 10.2 Å². The van der Waals surface area contributed by atoms with E-state index in [0.717, 1.165) is 31.4 Å². The van der Waals surface area contributed by atoms with Gasteiger partial charge in [-0.25, -0.2) is 17.6 Å². The van der Waals surface area contributed by atoms with Crippen LogP contribution in [0.1, 0.15) is 49.1 Å². The molecule has 3 atom stereocenters. The Bertz CT molecular complexity index is 913. The molecule has 0 heterocycles. The molecule has 6 rings (SSSR count). The average molecular weight is 392 g/mol. The highest BCUT2D eigenvalue weighted by atomic mass is 19.1. The van der Waals surface area contributed by atoms with Crippen molar-refractivity contribution in [2.24, 2.45) is 17.8 Å². The van der Waals surface area contributed by atoms with Gasteiger partial charge in [0, 0.05) is 5.41 Å². The maximum Gasteiger partial charge on any atom is 0.187 e. The van der Waals surface area contributed by atoms with Gasteiger partial charge in [0.05, 0.1) is 0 Å². The number of hydrogen-bond acceptors (Lipinski definition) is 2. The molecule has 28 heavy (non-hydrogen) atoms. The maximum atomic E-state index is 14.2. The van der Waals surface area contributed by atoms with Crippen molar-refractivity contribution in [2.75, 3.05) is 0 Å². The molecule has 4 saturated carbocycles. The van der Waals surface area contributed by atoms with E-state index in [2.05, 4.69) is 0 Å². The van der Waals surface area contributed by atoms with Crippen molar-refractivity contribution in [3.63, 3.8) is 0 Å². The lowest BCUT2D eigenvalue weighted by Gasteiger charge is -2.62. The van der Waals surface area contributed by atoms with Gasteiger partial charge in [0.2, 0.25) is 0 Å². The highest BCUT2D eigenvalue weighted by molar-refractivity contribution is 5.43. The first-order valence-electron chi connectivity index (χ1n) is 9.65. The Labute approximate surface area is 159 Å². The fraction of sp³-hybridized carbons (Fsp3) is 0.455. The van der Waals surface area contributed by atoms with E-state index >= 15 is 0 Å². The minimum Gasteiger partial charge on any atom is -0.503 e. The Hall–Kier alpha value is -2.24. The summed E-state index contributed by atoms with van der Waals surface area (Å²) in [6, 6.07) is 4.65. The number of rotatable bonds is 2. The predicted octanol–water partition coefficient (Wildman–Crippen LogP) is 5.52. The molecule has 3 unspecified atom stereocenters. The van der Waals surface area contributed by atoms with Gasteiger partial charge in [0.15, 0.2) is 34.8 Å². The minimum atomic E-state index is -1.03. The van der Waals surface area contributed by atoms with Crippen molar-refractivity contribution < 1.29 is 27.8 Å². The Morgan fingerprint density at radius 1 is 0.714 bits per heavy atom. The van der Waals surface area contributed by atoms with Crippen LogP contribution in [0.25, 0.3) is 0 Å². The molecule has 4 fully saturated rings. The number of aromatic hydroxyl groups is 2. The fourth-order valence-corrected chi connectivity index (χ4v) is 6.66. The van der Waals surface area contributed by atoms with Crippen molar-refractivity contribution in [3.05, 3.63) is 58.7 Å². The third-order valence-corrected chi connectivity index (χ3v) is 7.30. The molecule has 0 saturated heterocycles. The smallest absolute Gasteiger partial charge is 0.187 e. The summed E-state index contributed by atoms with van der Waals surface area (Å²) in [5, 5.41) is 19.0. The van der Waals surface area contributed by atoms with Gasteiger partial charge in [-0.15, -0.1) is 0 Å². The standard InChI is InChI=1S/C22H20F4O2/c23-15-4-13(5-16(24)20(15)27)19-12-2-10-1-11(3-12)9-22(19,8-10)14-6-17(25)21(28)18(26)7-14/h4-7,10-12,19,27-28H,1-3,8-9H2. The summed E-state index contributed by atoms with van der Waals surface area (Å²) in [4.78, 5) is 0. The van der Waals surface area contributed by atoms with E-state index in [1.165, 1.54) is 12.1 Å². The summed E-state index contributed by atoms with van der Waals surface area (Å²) in [6.45, 7) is 0. The van der Waals surface area contributed by atoms with Crippen molar-refractivity contribution in [2.45, 2.75) is 43.4 Å². The summed E-state index contributed by atoms with van der Waals surface area (Å²) in [5.41, 5.74) is 0.226. The van der Waals surface area contributed by atoms with E-state index in [9.17, 15) is 27.8 Å². The van der Waals surface area contributed by atoms with E-state index < -0.39 is 40.2 Å². The van der Waals surface area contributed by atoms with Gasteiger partial charge in [-0.2, -0.15) is 0 Å². The number of halogens is 4. The fourth-order valence-electron chi connectivity index (χ4n) is 6.66. The molecule has 4 bridgehead atoms. The highest BCUT2D eigenvalue weighted by Crippen LogP contribution is 2.66. The number of benzene rings is 2. The molecular weight excluding hydrogens is 372 g/mol. The van der Waals surface area contributed by atoms with Crippen molar-refractivity contribution in [1.82, 2.24) is 0 Å². The first-order valence-corrected chi connectivity index (χ1v) is 9.65. The zero-order valence-electron chi connectivity index (χ0n) is 15.1. The zero-order valence-corrected chi connectivity index (χ0v) is 15.1. The van der Waals surface area contributed by atoms with Gasteiger partial charge in [-0.1, -0.05) is 0 Å². The molecule has 0 aliphatic heterocycles. The van der Waals surface area contributed by atoms with Crippen LogP contribution in [0.15, 0.2) is 24.3 Å². The van der Waals surface area contributed by atoms with Crippen LogP contribution in [0.5, 0.6) is 11.5 Å². The Morgan fingerprint density at radius 2 is 1.18 bits per heavy atom. The molecule has 0 radical (unpaired) electrons. The molecule has 4 aliphatic rings. The highest BCUT2D eigenvalue weighted by Gasteiger charge is 2.58. The second-order valence-corrected chi connectivity index (χ2v) is 8.86. The quantitative estimate of drug-likeness (QED) is 0.661. The van der Waals surface area contributed by atoms with Crippen LogP contribution < -0.4 is 0 Å². The predicted molar refractivity (Wildman–Crippen MR) is 94.0 cm³/mol. The SMILES string of the molecule is Oc1c(F)cc(C2C3CC4CC(C3)CC2(c2cc(F)c(O)c(F)c2)C4)cc1F. The van der Waals surface area contributed by atoms with Crippen molar-refractivity contribution in [3.8, 4) is 11.5 Å². The molecule has 2 aromatic carbocycles. The Morgan fingerprint density at radius 3 is 1.68 bits per heavy atom. The molecular formula is C22H20F4O2. The molecule has 0 spiro atoms. The topological polar surface area (TPSA) is 40.5 Å². The number of phenolic OH excluding ortho intramolecular Hbond substituents is 2. The van der Waals surface area contributed by atoms with Gasteiger partial charge in [-0.05, 0) is 91.2 Å². The largest absolute Gasteiger partial charge is 0.503 e. The van der Waals surface area contributed by atoms with E-state index in [1.54, 1.807) is 0 Å². The summed E-state index contributed by atoms with van der Waals surface area (Å²) in [5.74, 6) is -5.41. The van der Waals surface area contributed by atoms with Crippen LogP contribution in [0.2, 0.25) is 0 Å². The second-order valence-electron chi connectivity index (χ2n) is 8.86. The van der Waals surface area contributed by atoms with Gasteiger partial charge in [0.1, 0.15) is 0 Å². The molecule has 148 valence electrons. The third kappa shape index (κ3) is 2.39. The first-order chi connectivity index (χ1) is 13.3. The van der Waals surface area contributed by atoms with E-state index in [0.29, 0.717) is 35.8 Å². The summed E-state index contributed by atoms with van der Waals surface area (Å²) in [7, 11) is 0. The number of phenols is 2. The van der Waals surface area contributed by atoms with Crippen LogP contribution in [0, 0.1) is 41.0 Å². The summed E-state index contributed by atoms with van der Waals surface area (Å²) in [6.07, 6.45) is 4.31. The lowest BCUT2D eigenvalue weighted by Crippen LogP contribution is -2.54. The summed E-state index contributed by atoms with van der Waals surface area (Å²) < 4.78 is 56.6. The molecule has 4 aliphatic carbocycles. The number of hydrogen-bond donors (Lipinski definition) is 2. The molecule has 0 amide bonds. The van der Waals surface area contributed by atoms with Crippen LogP contribution in [0.4, 0.5) is 17.6 Å². The van der Waals surface area contributed by atoms with E-state index in [-0.39, 0.29) is 11.8 Å². The van der Waals surface area contributed by atoms with E-state index in [1.807, 2.05) is 0 Å². The molecule has 0 aromatic heterocycles. The second kappa shape index (κ2) is 5.88. The average Bonchev–Trinajstić information content (AvgIpc) is 2.62. The zero-order chi connectivity index (χ0) is 19.8. The maximum absolute atomic E-state index is 14.2.